The van der Waals surface area contributed by atoms with Crippen molar-refractivity contribution in [2.75, 3.05) is 7.11 Å². The Hall–Kier alpha value is -5.86. The Balaban J connectivity index is 0.000000205. The molecule has 0 fully saturated rings. The molecule has 0 radical (unpaired) electrons. The maximum atomic E-state index is 13.6. The van der Waals surface area contributed by atoms with E-state index in [2.05, 4.69) is 91.6 Å². The number of primary amides is 2. The highest BCUT2D eigenvalue weighted by molar-refractivity contribution is 6.31. The van der Waals surface area contributed by atoms with Gasteiger partial charge in [0.15, 0.2) is 0 Å². The van der Waals surface area contributed by atoms with E-state index in [9.17, 15) is 14.0 Å². The summed E-state index contributed by atoms with van der Waals surface area (Å²) in [6.07, 6.45) is 12.1. The molecule has 7 rings (SSSR count). The van der Waals surface area contributed by atoms with Crippen molar-refractivity contribution in [3.63, 3.8) is 0 Å². The van der Waals surface area contributed by atoms with Gasteiger partial charge < -0.3 is 25.3 Å². The first-order valence-electron chi connectivity index (χ1n) is 21.2. The van der Waals surface area contributed by atoms with E-state index in [1.807, 2.05) is 42.6 Å². The van der Waals surface area contributed by atoms with Crippen molar-refractivity contribution in [3.8, 4) is 28.0 Å². The first-order valence-corrected chi connectivity index (χ1v) is 21.6. The highest BCUT2D eigenvalue weighted by Gasteiger charge is 2.17. The van der Waals surface area contributed by atoms with Crippen LogP contribution >= 0.6 is 11.6 Å². The number of aryl methyl sites for hydroxylation is 1. The number of para-hydroxylation sites is 1. The molecule has 0 unspecified atom stereocenters. The molecule has 0 spiro atoms. The van der Waals surface area contributed by atoms with E-state index >= 15 is 0 Å². The molecule has 0 aliphatic carbocycles. The Labute approximate surface area is 364 Å². The van der Waals surface area contributed by atoms with E-state index in [4.69, 9.17) is 27.8 Å². The Morgan fingerprint density at radius 3 is 1.87 bits per heavy atom. The lowest BCUT2D eigenvalue weighted by Crippen LogP contribution is -2.13. The monoisotopic (exact) mass is 840 g/mol. The predicted molar refractivity (Wildman–Crippen MR) is 250 cm³/mol. The summed E-state index contributed by atoms with van der Waals surface area (Å²) in [7, 11) is 1.69. The lowest BCUT2D eigenvalue weighted by molar-refractivity contribution is -0.118. The minimum atomic E-state index is -0.449. The van der Waals surface area contributed by atoms with Gasteiger partial charge in [-0.3, -0.25) is 9.59 Å². The second-order valence-corrected chi connectivity index (χ2v) is 17.3. The van der Waals surface area contributed by atoms with E-state index < -0.39 is 5.82 Å². The second kappa shape index (κ2) is 20.1. The van der Waals surface area contributed by atoms with Crippen LogP contribution in [0, 0.1) is 5.82 Å². The second-order valence-electron chi connectivity index (χ2n) is 16.9. The quantitative estimate of drug-likeness (QED) is 0.0947. The molecule has 318 valence electrons. The minimum Gasteiger partial charge on any atom is -0.496 e. The summed E-state index contributed by atoms with van der Waals surface area (Å²) in [5.41, 5.74) is 21.5. The van der Waals surface area contributed by atoms with E-state index in [1.54, 1.807) is 19.2 Å². The van der Waals surface area contributed by atoms with Crippen LogP contribution in [0.3, 0.4) is 0 Å². The summed E-state index contributed by atoms with van der Waals surface area (Å²) in [6, 6.07) is 33.8. The minimum absolute atomic E-state index is 0.0798. The molecule has 7 nitrogen and oxygen atoms in total. The predicted octanol–water partition coefficient (Wildman–Crippen LogP) is 12.2. The summed E-state index contributed by atoms with van der Waals surface area (Å²) in [6.45, 7) is 10.5. The molecule has 0 saturated heterocycles. The number of hydrogen-bond donors (Lipinski definition) is 2. The van der Waals surface area contributed by atoms with Gasteiger partial charge in [-0.05, 0) is 93.2 Å². The molecule has 0 atom stereocenters. The van der Waals surface area contributed by atoms with Crippen LogP contribution in [0.2, 0.25) is 5.02 Å². The number of carbonyl (C=O) groups excluding carboxylic acids is 2. The van der Waals surface area contributed by atoms with Gasteiger partial charge in [-0.1, -0.05) is 132 Å². The number of hydrogen-bond acceptors (Lipinski definition) is 3. The van der Waals surface area contributed by atoms with Crippen molar-refractivity contribution in [1.82, 2.24) is 9.13 Å². The number of ether oxygens (including phenoxy) is 1. The van der Waals surface area contributed by atoms with Crippen molar-refractivity contribution in [2.45, 2.75) is 97.6 Å². The van der Waals surface area contributed by atoms with E-state index in [1.165, 1.54) is 49.3 Å². The van der Waals surface area contributed by atoms with E-state index in [0.717, 1.165) is 73.9 Å². The number of aromatic nitrogens is 2. The molecule has 2 aromatic heterocycles. The standard InChI is InChI=1S/C27H26ClFN2O.C25H32N2O2/c1-27(2,3)21-8-4-17(5-9-21)15-31-16-20(14-26(30)32)22-12-18(7-11-25(22)31)19-6-10-24(29)23(28)13-19;1-3-4-5-6-7-10-15-27-18-20(17-25(26)28)22-16-19(13-14-23(22)27)21-11-8-9-12-24(21)29-2/h4-13,16H,14-15H2,1-3H3,(H2,30,32);8-9,11-14,16,18H,3-7,10,15,17H2,1-2H3,(H2,26,28). The van der Waals surface area contributed by atoms with Crippen LogP contribution in [-0.2, 0) is 40.9 Å². The van der Waals surface area contributed by atoms with Gasteiger partial charge in [-0.2, -0.15) is 0 Å². The Bertz CT molecular complexity index is 2620. The molecular weight excluding hydrogens is 783 g/mol. The van der Waals surface area contributed by atoms with Gasteiger partial charge >= 0.3 is 0 Å². The SMILES string of the molecule is CC(C)(C)c1ccc(Cn2cc(CC(N)=O)c3cc(-c4ccc(F)c(Cl)c4)ccc32)cc1.CCCCCCCCn1cc(CC(N)=O)c2cc(-c3ccccc3OC)ccc21. The summed E-state index contributed by atoms with van der Waals surface area (Å²) in [4.78, 5) is 23.3. The van der Waals surface area contributed by atoms with Crippen LogP contribution in [-0.4, -0.2) is 28.1 Å². The van der Waals surface area contributed by atoms with Gasteiger partial charge in [0, 0.05) is 52.9 Å². The van der Waals surface area contributed by atoms with Gasteiger partial charge in [0.25, 0.3) is 0 Å². The topological polar surface area (TPSA) is 105 Å². The number of rotatable bonds is 16. The summed E-state index contributed by atoms with van der Waals surface area (Å²) >= 11 is 5.98. The van der Waals surface area contributed by atoms with Gasteiger partial charge in [0.2, 0.25) is 11.8 Å². The number of methoxy groups -OCH3 is 1. The largest absolute Gasteiger partial charge is 0.496 e. The van der Waals surface area contributed by atoms with Gasteiger partial charge in [0.1, 0.15) is 11.6 Å². The normalized spacial score (nSPS) is 11.5. The number of nitrogens with two attached hydrogens (primary N) is 2. The molecular formula is C52H58ClFN4O3. The zero-order valence-electron chi connectivity index (χ0n) is 36.1. The van der Waals surface area contributed by atoms with Crippen LogP contribution in [0.5, 0.6) is 5.75 Å². The third kappa shape index (κ3) is 11.3. The van der Waals surface area contributed by atoms with Gasteiger partial charge in [0.05, 0.1) is 25.0 Å². The molecule has 7 aromatic rings. The van der Waals surface area contributed by atoms with Crippen LogP contribution in [0.1, 0.15) is 88.5 Å². The number of fused-ring (bicyclic) bond motifs is 2. The number of halogens is 2. The molecule has 0 bridgehead atoms. The number of unbranched alkanes of at least 4 members (excludes halogenated alkanes) is 5. The Morgan fingerprint density at radius 1 is 0.689 bits per heavy atom. The molecule has 9 heteroatoms. The zero-order chi connectivity index (χ0) is 43.7. The average Bonchev–Trinajstić information content (AvgIpc) is 3.75. The maximum Gasteiger partial charge on any atom is 0.221 e. The summed E-state index contributed by atoms with van der Waals surface area (Å²) in [5.74, 6) is -0.288. The molecule has 0 aliphatic heterocycles. The highest BCUT2D eigenvalue weighted by Crippen LogP contribution is 2.35. The van der Waals surface area contributed by atoms with Crippen molar-refractivity contribution in [1.29, 1.82) is 0 Å². The van der Waals surface area contributed by atoms with Crippen LogP contribution < -0.4 is 16.2 Å². The molecule has 2 heterocycles. The van der Waals surface area contributed by atoms with Gasteiger partial charge in [-0.25, -0.2) is 4.39 Å². The zero-order valence-corrected chi connectivity index (χ0v) is 36.8. The number of amides is 2. The first-order chi connectivity index (χ1) is 29.2. The molecule has 0 aliphatic rings. The molecule has 4 N–H and O–H groups in total. The lowest BCUT2D eigenvalue weighted by atomic mass is 9.87. The fourth-order valence-corrected chi connectivity index (χ4v) is 8.17. The van der Waals surface area contributed by atoms with Gasteiger partial charge in [-0.15, -0.1) is 0 Å². The van der Waals surface area contributed by atoms with Crippen LogP contribution in [0.4, 0.5) is 4.39 Å². The molecule has 5 aromatic carbocycles. The number of benzene rings is 5. The summed E-state index contributed by atoms with van der Waals surface area (Å²) < 4.78 is 23.5. The van der Waals surface area contributed by atoms with E-state index in [0.29, 0.717) is 6.54 Å². The third-order valence-corrected chi connectivity index (χ3v) is 11.5. The van der Waals surface area contributed by atoms with Crippen molar-refractivity contribution < 1.29 is 18.7 Å². The number of carbonyl (C=O) groups is 2. The smallest absolute Gasteiger partial charge is 0.221 e. The van der Waals surface area contributed by atoms with Crippen molar-refractivity contribution in [2.24, 2.45) is 11.5 Å². The molecule has 0 saturated carbocycles. The lowest BCUT2D eigenvalue weighted by Gasteiger charge is -2.19. The fraction of sp³-hybridized carbons (Fsp3) is 0.308. The van der Waals surface area contributed by atoms with Crippen molar-refractivity contribution >= 4 is 45.2 Å². The highest BCUT2D eigenvalue weighted by atomic mass is 35.5. The molecule has 61 heavy (non-hydrogen) atoms. The average molecular weight is 842 g/mol. The molecule has 2 amide bonds. The first kappa shape index (κ1) is 44.7. The maximum absolute atomic E-state index is 13.6. The fourth-order valence-electron chi connectivity index (χ4n) is 7.99. The van der Waals surface area contributed by atoms with E-state index in [-0.39, 0.29) is 35.1 Å². The van der Waals surface area contributed by atoms with Crippen LogP contribution in [0.25, 0.3) is 44.1 Å². The van der Waals surface area contributed by atoms with Crippen LogP contribution in [0.15, 0.2) is 116 Å². The van der Waals surface area contributed by atoms with Crippen molar-refractivity contribution in [3.05, 3.63) is 149 Å². The third-order valence-electron chi connectivity index (χ3n) is 11.3. The number of nitrogens with zero attached hydrogens (tertiary/aromatic N) is 2. The summed E-state index contributed by atoms with van der Waals surface area (Å²) in [5, 5.41) is 2.13. The Kier molecular flexibility index (Phi) is 14.7. The Morgan fingerprint density at radius 2 is 1.25 bits per heavy atom.